The van der Waals surface area contributed by atoms with E-state index in [0.717, 1.165) is 11.3 Å². The molecule has 0 heterocycles. The molecule has 0 fully saturated rings. The van der Waals surface area contributed by atoms with Crippen LogP contribution in [0.15, 0.2) is 29.4 Å². The maximum Gasteiger partial charge on any atom is 0.120 e. The summed E-state index contributed by atoms with van der Waals surface area (Å²) in [7, 11) is 3.79. The van der Waals surface area contributed by atoms with E-state index in [1.165, 1.54) is 0 Å². The number of nitrogens with zero attached hydrogens (tertiary/aromatic N) is 2. The minimum absolute atomic E-state index is 0.200. The van der Waals surface area contributed by atoms with Crippen molar-refractivity contribution in [2.75, 3.05) is 14.1 Å². The van der Waals surface area contributed by atoms with E-state index in [2.05, 4.69) is 5.10 Å². The van der Waals surface area contributed by atoms with Crippen molar-refractivity contribution in [3.8, 4) is 5.75 Å². The molecule has 0 saturated heterocycles. The number of hydrazone groups is 1. The Morgan fingerprint density at radius 3 is 2.67 bits per heavy atom. The minimum Gasteiger partial charge on any atom is -0.491 e. The van der Waals surface area contributed by atoms with E-state index in [0.29, 0.717) is 0 Å². The van der Waals surface area contributed by atoms with Gasteiger partial charge in [0.2, 0.25) is 0 Å². The van der Waals surface area contributed by atoms with Gasteiger partial charge < -0.3 is 9.75 Å². The van der Waals surface area contributed by atoms with Crippen LogP contribution in [-0.4, -0.2) is 31.4 Å². The summed E-state index contributed by atoms with van der Waals surface area (Å²) in [5, 5.41) is 5.93. The smallest absolute Gasteiger partial charge is 0.120 e. The zero-order chi connectivity index (χ0) is 11.3. The lowest BCUT2D eigenvalue weighted by atomic mass is 10.2. The third-order valence-corrected chi connectivity index (χ3v) is 1.67. The zero-order valence-electron chi connectivity index (χ0n) is 9.77. The number of benzene rings is 1. The van der Waals surface area contributed by atoms with Crippen LogP contribution in [-0.2, 0) is 0 Å². The van der Waals surface area contributed by atoms with Crippen molar-refractivity contribution in [2.45, 2.75) is 20.0 Å². The molecule has 0 saturated carbocycles. The highest BCUT2D eigenvalue weighted by Gasteiger charge is 1.97. The summed E-state index contributed by atoms with van der Waals surface area (Å²) in [6.07, 6.45) is 2.01. The molecule has 3 heteroatoms. The lowest BCUT2D eigenvalue weighted by Gasteiger charge is -2.09. The minimum atomic E-state index is 0.200. The fraction of sp³-hybridized carbons (Fsp3) is 0.417. The summed E-state index contributed by atoms with van der Waals surface area (Å²) < 4.78 is 5.59. The first-order chi connectivity index (χ1) is 7.08. The molecule has 0 spiro atoms. The van der Waals surface area contributed by atoms with Gasteiger partial charge in [0.05, 0.1) is 12.3 Å². The van der Waals surface area contributed by atoms with Crippen LogP contribution in [0.5, 0.6) is 5.75 Å². The van der Waals surface area contributed by atoms with Crippen molar-refractivity contribution >= 4 is 6.21 Å². The van der Waals surface area contributed by atoms with Gasteiger partial charge in [-0.2, -0.15) is 5.10 Å². The molecule has 0 unspecified atom stereocenters. The highest BCUT2D eigenvalue weighted by atomic mass is 16.5. The Labute approximate surface area is 91.4 Å². The number of ether oxygens (including phenoxy) is 1. The summed E-state index contributed by atoms with van der Waals surface area (Å²) in [5.74, 6) is 0.882. The maximum atomic E-state index is 5.59. The summed E-state index contributed by atoms with van der Waals surface area (Å²) in [6.45, 7) is 4.03. The van der Waals surface area contributed by atoms with Crippen molar-refractivity contribution < 1.29 is 4.74 Å². The molecule has 0 aliphatic heterocycles. The topological polar surface area (TPSA) is 24.8 Å². The van der Waals surface area contributed by atoms with Gasteiger partial charge in [0.25, 0.3) is 0 Å². The fourth-order valence-corrected chi connectivity index (χ4v) is 1.12. The van der Waals surface area contributed by atoms with Crippen LogP contribution < -0.4 is 4.74 Å². The van der Waals surface area contributed by atoms with Crippen LogP contribution in [0.1, 0.15) is 19.4 Å². The molecular weight excluding hydrogens is 188 g/mol. The molecule has 0 radical (unpaired) electrons. The first-order valence-corrected chi connectivity index (χ1v) is 5.06. The zero-order valence-corrected chi connectivity index (χ0v) is 9.77. The van der Waals surface area contributed by atoms with Gasteiger partial charge in [0, 0.05) is 14.1 Å². The van der Waals surface area contributed by atoms with Gasteiger partial charge >= 0.3 is 0 Å². The van der Waals surface area contributed by atoms with Crippen LogP contribution in [0, 0.1) is 0 Å². The first-order valence-electron chi connectivity index (χ1n) is 5.06. The third-order valence-electron chi connectivity index (χ3n) is 1.67. The van der Waals surface area contributed by atoms with Crippen LogP contribution in [0.2, 0.25) is 0 Å². The molecule has 82 valence electrons. The second-order valence-electron chi connectivity index (χ2n) is 3.83. The van der Waals surface area contributed by atoms with Crippen LogP contribution in [0.3, 0.4) is 0 Å². The lowest BCUT2D eigenvalue weighted by Crippen LogP contribution is -2.06. The standard InChI is InChI=1S/C12H18N2O/c1-10(2)15-12-7-5-6-11(8-12)9-13-14(3)4/h5-10H,1-4H3/b13-9+. The van der Waals surface area contributed by atoms with Crippen molar-refractivity contribution in [3.05, 3.63) is 29.8 Å². The molecule has 1 aromatic rings. The molecule has 0 aromatic heterocycles. The third kappa shape index (κ3) is 4.49. The Morgan fingerprint density at radius 1 is 1.33 bits per heavy atom. The Morgan fingerprint density at radius 2 is 2.07 bits per heavy atom. The Balaban J connectivity index is 2.74. The van der Waals surface area contributed by atoms with Gasteiger partial charge in [-0.15, -0.1) is 0 Å². The predicted molar refractivity (Wildman–Crippen MR) is 63.5 cm³/mol. The van der Waals surface area contributed by atoms with Crippen molar-refractivity contribution in [3.63, 3.8) is 0 Å². The van der Waals surface area contributed by atoms with Gasteiger partial charge in [-0.3, -0.25) is 0 Å². The van der Waals surface area contributed by atoms with Crippen molar-refractivity contribution in [1.82, 2.24) is 5.01 Å². The monoisotopic (exact) mass is 206 g/mol. The van der Waals surface area contributed by atoms with Crippen LogP contribution in [0.4, 0.5) is 0 Å². The van der Waals surface area contributed by atoms with Gasteiger partial charge in [-0.25, -0.2) is 0 Å². The highest BCUT2D eigenvalue weighted by Crippen LogP contribution is 2.13. The summed E-state index contributed by atoms with van der Waals surface area (Å²) in [4.78, 5) is 0. The van der Waals surface area contributed by atoms with Gasteiger partial charge in [0.15, 0.2) is 0 Å². The van der Waals surface area contributed by atoms with E-state index < -0.39 is 0 Å². The molecule has 3 nitrogen and oxygen atoms in total. The Bertz CT molecular complexity index is 332. The predicted octanol–water partition coefficient (Wildman–Crippen LogP) is 2.37. The SMILES string of the molecule is CC(C)Oc1cccc(/C=N/N(C)C)c1. The molecule has 1 rings (SSSR count). The van der Waals surface area contributed by atoms with E-state index in [1.807, 2.05) is 58.4 Å². The summed E-state index contributed by atoms with van der Waals surface area (Å²) >= 11 is 0. The largest absolute Gasteiger partial charge is 0.491 e. The van der Waals surface area contributed by atoms with Gasteiger partial charge in [0.1, 0.15) is 5.75 Å². The molecule has 0 N–H and O–H groups in total. The second kappa shape index (κ2) is 5.39. The lowest BCUT2D eigenvalue weighted by molar-refractivity contribution is 0.242. The molecule has 15 heavy (non-hydrogen) atoms. The Hall–Kier alpha value is -1.51. The molecule has 0 atom stereocenters. The van der Waals surface area contributed by atoms with E-state index >= 15 is 0 Å². The number of hydrogen-bond donors (Lipinski definition) is 0. The van der Waals surface area contributed by atoms with Gasteiger partial charge in [-0.1, -0.05) is 12.1 Å². The highest BCUT2D eigenvalue weighted by molar-refractivity contribution is 5.79. The summed E-state index contributed by atoms with van der Waals surface area (Å²) in [6, 6.07) is 7.90. The average molecular weight is 206 g/mol. The fourth-order valence-electron chi connectivity index (χ4n) is 1.12. The van der Waals surface area contributed by atoms with E-state index in [-0.39, 0.29) is 6.10 Å². The molecular formula is C12H18N2O. The molecule has 1 aromatic carbocycles. The molecule has 0 aliphatic rings. The first kappa shape index (κ1) is 11.6. The van der Waals surface area contributed by atoms with Crippen LogP contribution >= 0.6 is 0 Å². The average Bonchev–Trinajstić information content (AvgIpc) is 2.14. The maximum absolute atomic E-state index is 5.59. The molecule has 0 amide bonds. The van der Waals surface area contributed by atoms with E-state index in [1.54, 1.807) is 5.01 Å². The number of rotatable bonds is 4. The van der Waals surface area contributed by atoms with Gasteiger partial charge in [-0.05, 0) is 31.5 Å². The second-order valence-corrected chi connectivity index (χ2v) is 3.83. The van der Waals surface area contributed by atoms with Crippen molar-refractivity contribution in [2.24, 2.45) is 5.10 Å². The summed E-state index contributed by atoms with van der Waals surface area (Å²) in [5.41, 5.74) is 1.04. The quantitative estimate of drug-likeness (QED) is 0.558. The molecule has 0 bridgehead atoms. The van der Waals surface area contributed by atoms with Crippen LogP contribution in [0.25, 0.3) is 0 Å². The number of hydrogen-bond acceptors (Lipinski definition) is 3. The molecule has 0 aliphatic carbocycles. The Kier molecular flexibility index (Phi) is 4.16. The van der Waals surface area contributed by atoms with Crippen molar-refractivity contribution in [1.29, 1.82) is 0 Å². The van der Waals surface area contributed by atoms with E-state index in [9.17, 15) is 0 Å². The van der Waals surface area contributed by atoms with E-state index in [4.69, 9.17) is 4.74 Å². The normalized spacial score (nSPS) is 11.0.